The van der Waals surface area contributed by atoms with E-state index < -0.39 is 0 Å². The van der Waals surface area contributed by atoms with Gasteiger partial charge in [0, 0.05) is 18.7 Å². The summed E-state index contributed by atoms with van der Waals surface area (Å²) in [7, 11) is 0. The van der Waals surface area contributed by atoms with E-state index in [1.54, 1.807) is 18.3 Å². The SMILES string of the molecule is CCOCc1nc(N)cc(NCc2ccno2)n1. The van der Waals surface area contributed by atoms with Crippen LogP contribution < -0.4 is 11.1 Å². The molecule has 0 aromatic carbocycles. The predicted molar refractivity (Wildman–Crippen MR) is 65.6 cm³/mol. The topological polar surface area (TPSA) is 99.1 Å². The molecule has 2 aromatic heterocycles. The Hall–Kier alpha value is -2.15. The Kier molecular flexibility index (Phi) is 4.08. The first-order valence-corrected chi connectivity index (χ1v) is 5.62. The average Bonchev–Trinajstić information content (AvgIpc) is 2.86. The lowest BCUT2D eigenvalue weighted by Gasteiger charge is -2.07. The van der Waals surface area contributed by atoms with Gasteiger partial charge in [0.15, 0.2) is 11.6 Å². The minimum atomic E-state index is 0.346. The number of hydrogen-bond donors (Lipinski definition) is 2. The Morgan fingerprint density at radius 2 is 2.33 bits per heavy atom. The van der Waals surface area contributed by atoms with Gasteiger partial charge in [-0.1, -0.05) is 5.16 Å². The third-order valence-corrected chi connectivity index (χ3v) is 2.16. The quantitative estimate of drug-likeness (QED) is 0.793. The van der Waals surface area contributed by atoms with E-state index in [0.717, 1.165) is 5.76 Å². The fraction of sp³-hybridized carbons (Fsp3) is 0.364. The van der Waals surface area contributed by atoms with Crippen molar-refractivity contribution in [2.45, 2.75) is 20.1 Å². The lowest BCUT2D eigenvalue weighted by Crippen LogP contribution is -2.07. The molecule has 2 rings (SSSR count). The van der Waals surface area contributed by atoms with Gasteiger partial charge in [0.05, 0.1) is 12.7 Å². The van der Waals surface area contributed by atoms with E-state index in [0.29, 0.717) is 37.2 Å². The lowest BCUT2D eigenvalue weighted by molar-refractivity contribution is 0.128. The molecule has 0 saturated carbocycles. The number of nitrogens with zero attached hydrogens (tertiary/aromatic N) is 3. The third-order valence-electron chi connectivity index (χ3n) is 2.16. The number of rotatable bonds is 6. The Bertz CT molecular complexity index is 486. The second kappa shape index (κ2) is 5.97. The van der Waals surface area contributed by atoms with Gasteiger partial charge in [-0.15, -0.1) is 0 Å². The monoisotopic (exact) mass is 249 g/mol. The second-order valence-electron chi connectivity index (χ2n) is 3.56. The number of anilines is 2. The summed E-state index contributed by atoms with van der Waals surface area (Å²) in [6, 6.07) is 3.43. The number of aromatic nitrogens is 3. The Labute approximate surface area is 104 Å². The first kappa shape index (κ1) is 12.3. The van der Waals surface area contributed by atoms with Gasteiger partial charge in [-0.3, -0.25) is 0 Å². The molecule has 96 valence electrons. The molecule has 0 bridgehead atoms. The molecule has 18 heavy (non-hydrogen) atoms. The van der Waals surface area contributed by atoms with Crippen molar-refractivity contribution in [1.29, 1.82) is 0 Å². The van der Waals surface area contributed by atoms with Crippen molar-refractivity contribution in [3.8, 4) is 0 Å². The zero-order chi connectivity index (χ0) is 12.8. The van der Waals surface area contributed by atoms with Crippen LogP contribution >= 0.6 is 0 Å². The fourth-order valence-electron chi connectivity index (χ4n) is 1.38. The van der Waals surface area contributed by atoms with Crippen LogP contribution in [0.25, 0.3) is 0 Å². The van der Waals surface area contributed by atoms with Crippen LogP contribution in [0.4, 0.5) is 11.6 Å². The fourth-order valence-corrected chi connectivity index (χ4v) is 1.38. The van der Waals surface area contributed by atoms with E-state index in [4.69, 9.17) is 15.0 Å². The molecule has 7 nitrogen and oxygen atoms in total. The Balaban J connectivity index is 2.00. The van der Waals surface area contributed by atoms with Crippen LogP contribution in [0.2, 0.25) is 0 Å². The van der Waals surface area contributed by atoms with E-state index in [1.165, 1.54) is 0 Å². The summed E-state index contributed by atoms with van der Waals surface area (Å²) in [5, 5.41) is 6.70. The molecule has 0 amide bonds. The first-order valence-electron chi connectivity index (χ1n) is 5.62. The van der Waals surface area contributed by atoms with Crippen molar-refractivity contribution in [3.63, 3.8) is 0 Å². The lowest BCUT2D eigenvalue weighted by atomic mass is 10.4. The largest absolute Gasteiger partial charge is 0.384 e. The number of nitrogens with one attached hydrogen (secondary N) is 1. The van der Waals surface area contributed by atoms with E-state index in [1.807, 2.05) is 6.92 Å². The molecule has 7 heteroatoms. The van der Waals surface area contributed by atoms with Crippen molar-refractivity contribution < 1.29 is 9.26 Å². The van der Waals surface area contributed by atoms with E-state index in [-0.39, 0.29) is 0 Å². The summed E-state index contributed by atoms with van der Waals surface area (Å²) in [4.78, 5) is 8.36. The van der Waals surface area contributed by atoms with Gasteiger partial charge >= 0.3 is 0 Å². The van der Waals surface area contributed by atoms with Crippen molar-refractivity contribution in [2.75, 3.05) is 17.7 Å². The van der Waals surface area contributed by atoms with Gasteiger partial charge < -0.3 is 20.3 Å². The molecule has 3 N–H and O–H groups in total. The van der Waals surface area contributed by atoms with E-state index in [9.17, 15) is 0 Å². The van der Waals surface area contributed by atoms with Crippen LogP contribution in [0.15, 0.2) is 22.9 Å². The number of hydrogen-bond acceptors (Lipinski definition) is 7. The molecule has 0 spiro atoms. The zero-order valence-electron chi connectivity index (χ0n) is 10.1. The van der Waals surface area contributed by atoms with Gasteiger partial charge in [0.1, 0.15) is 18.2 Å². The van der Waals surface area contributed by atoms with Gasteiger partial charge in [-0.25, -0.2) is 9.97 Å². The summed E-state index contributed by atoms with van der Waals surface area (Å²) >= 11 is 0. The maximum Gasteiger partial charge on any atom is 0.158 e. The molecule has 2 aromatic rings. The van der Waals surface area contributed by atoms with Gasteiger partial charge in [0.25, 0.3) is 0 Å². The number of ether oxygens (including phenoxy) is 1. The maximum absolute atomic E-state index is 5.70. The highest BCUT2D eigenvalue weighted by molar-refractivity contribution is 5.44. The molecule has 0 fully saturated rings. The second-order valence-corrected chi connectivity index (χ2v) is 3.56. The summed E-state index contributed by atoms with van der Waals surface area (Å²) in [5.41, 5.74) is 5.70. The van der Waals surface area contributed by atoms with Crippen LogP contribution in [0.3, 0.4) is 0 Å². The molecule has 0 unspecified atom stereocenters. The smallest absolute Gasteiger partial charge is 0.158 e. The molecule has 0 atom stereocenters. The van der Waals surface area contributed by atoms with Gasteiger partial charge in [-0.05, 0) is 6.92 Å². The number of nitrogen functional groups attached to an aromatic ring is 1. The Morgan fingerprint density at radius 1 is 1.44 bits per heavy atom. The van der Waals surface area contributed by atoms with Crippen molar-refractivity contribution >= 4 is 11.6 Å². The summed E-state index contributed by atoms with van der Waals surface area (Å²) in [6.07, 6.45) is 1.59. The minimum absolute atomic E-state index is 0.346. The van der Waals surface area contributed by atoms with Crippen LogP contribution in [0, 0.1) is 0 Å². The highest BCUT2D eigenvalue weighted by Crippen LogP contribution is 2.10. The molecule has 2 heterocycles. The molecule has 0 aliphatic heterocycles. The van der Waals surface area contributed by atoms with E-state index in [2.05, 4.69) is 20.4 Å². The van der Waals surface area contributed by atoms with Crippen molar-refractivity contribution in [3.05, 3.63) is 29.9 Å². The molecule has 0 saturated heterocycles. The van der Waals surface area contributed by atoms with Crippen LogP contribution in [-0.4, -0.2) is 21.7 Å². The average molecular weight is 249 g/mol. The highest BCUT2D eigenvalue weighted by Gasteiger charge is 2.04. The van der Waals surface area contributed by atoms with Crippen LogP contribution in [0.1, 0.15) is 18.5 Å². The summed E-state index contributed by atoms with van der Waals surface area (Å²) < 4.78 is 10.2. The molecule has 0 aliphatic carbocycles. The predicted octanol–water partition coefficient (Wildman–Crippen LogP) is 1.20. The summed E-state index contributed by atoms with van der Waals surface area (Å²) in [6.45, 7) is 3.36. The third kappa shape index (κ3) is 3.42. The first-order chi connectivity index (χ1) is 8.78. The zero-order valence-corrected chi connectivity index (χ0v) is 10.1. The van der Waals surface area contributed by atoms with Gasteiger partial charge in [0.2, 0.25) is 0 Å². The normalized spacial score (nSPS) is 10.5. The van der Waals surface area contributed by atoms with Crippen LogP contribution in [0.5, 0.6) is 0 Å². The molecule has 0 aliphatic rings. The molecular weight excluding hydrogens is 234 g/mol. The summed E-state index contributed by atoms with van der Waals surface area (Å²) in [5.74, 6) is 2.31. The van der Waals surface area contributed by atoms with Crippen molar-refractivity contribution in [1.82, 2.24) is 15.1 Å². The highest BCUT2D eigenvalue weighted by atomic mass is 16.5. The van der Waals surface area contributed by atoms with Crippen molar-refractivity contribution in [2.24, 2.45) is 0 Å². The Morgan fingerprint density at radius 3 is 3.06 bits per heavy atom. The standard InChI is InChI=1S/C11H15N5O2/c1-2-17-7-11-15-9(12)5-10(16-11)13-6-8-3-4-14-18-8/h3-5H,2,6-7H2,1H3,(H3,12,13,15,16). The molecule has 0 radical (unpaired) electrons. The van der Waals surface area contributed by atoms with Crippen LogP contribution in [-0.2, 0) is 17.9 Å². The van der Waals surface area contributed by atoms with Gasteiger partial charge in [-0.2, -0.15) is 0 Å². The van der Waals surface area contributed by atoms with E-state index >= 15 is 0 Å². The minimum Gasteiger partial charge on any atom is -0.384 e. The maximum atomic E-state index is 5.70. The number of nitrogens with two attached hydrogens (primary N) is 1. The molecular formula is C11H15N5O2.